The molecule has 6 nitrogen and oxygen atoms in total. The number of thioether (sulfide) groups is 1. The number of carbonyl (C=O) groups excluding carboxylic acids is 1. The van der Waals surface area contributed by atoms with Crippen LogP contribution in [0.3, 0.4) is 0 Å². The summed E-state index contributed by atoms with van der Waals surface area (Å²) in [5, 5.41) is 12.1. The minimum absolute atomic E-state index is 0.0881. The van der Waals surface area contributed by atoms with Crippen LogP contribution in [0.2, 0.25) is 0 Å². The van der Waals surface area contributed by atoms with Gasteiger partial charge in [0.2, 0.25) is 5.91 Å². The lowest BCUT2D eigenvalue weighted by Gasteiger charge is -2.15. The van der Waals surface area contributed by atoms with Crippen LogP contribution in [0, 0.1) is 6.92 Å². The van der Waals surface area contributed by atoms with Gasteiger partial charge in [-0.1, -0.05) is 60.3 Å². The van der Waals surface area contributed by atoms with Gasteiger partial charge in [0, 0.05) is 16.9 Å². The van der Waals surface area contributed by atoms with Crippen molar-refractivity contribution < 1.29 is 9.53 Å². The van der Waals surface area contributed by atoms with Gasteiger partial charge in [-0.3, -0.25) is 9.36 Å². The van der Waals surface area contributed by atoms with E-state index in [1.54, 1.807) is 7.11 Å². The third kappa shape index (κ3) is 4.68. The fourth-order valence-electron chi connectivity index (χ4n) is 3.24. The number of nitrogens with zero attached hydrogens (tertiary/aromatic N) is 3. The van der Waals surface area contributed by atoms with Crippen molar-refractivity contribution in [3.8, 4) is 22.8 Å². The first kappa shape index (κ1) is 21.6. The Morgan fingerprint density at radius 1 is 0.969 bits per heavy atom. The SMILES string of the molecule is COc1ccc(-n2c(S[C@@H](C)C(=O)Nc3ccccc3C)nnc2-c2ccccc2)cc1. The highest BCUT2D eigenvalue weighted by Crippen LogP contribution is 2.31. The average molecular weight is 445 g/mol. The van der Waals surface area contributed by atoms with Gasteiger partial charge in [-0.15, -0.1) is 10.2 Å². The summed E-state index contributed by atoms with van der Waals surface area (Å²) in [4.78, 5) is 12.9. The molecule has 1 aromatic heterocycles. The zero-order valence-electron chi connectivity index (χ0n) is 18.1. The second-order valence-corrected chi connectivity index (χ2v) is 8.58. The Morgan fingerprint density at radius 2 is 1.66 bits per heavy atom. The van der Waals surface area contributed by atoms with Gasteiger partial charge in [-0.05, 0) is 49.7 Å². The molecule has 0 saturated heterocycles. The second-order valence-electron chi connectivity index (χ2n) is 7.27. The minimum atomic E-state index is -0.376. The summed E-state index contributed by atoms with van der Waals surface area (Å²) in [7, 11) is 1.64. The van der Waals surface area contributed by atoms with Gasteiger partial charge in [-0.2, -0.15) is 0 Å². The highest BCUT2D eigenvalue weighted by molar-refractivity contribution is 8.00. The number of anilines is 1. The van der Waals surface area contributed by atoms with Crippen molar-refractivity contribution in [2.45, 2.75) is 24.3 Å². The maximum atomic E-state index is 12.9. The summed E-state index contributed by atoms with van der Waals surface area (Å²) < 4.78 is 7.26. The molecule has 0 aliphatic carbocycles. The van der Waals surface area contributed by atoms with Crippen molar-refractivity contribution in [3.05, 3.63) is 84.4 Å². The van der Waals surface area contributed by atoms with E-state index in [1.807, 2.05) is 97.3 Å². The lowest BCUT2D eigenvalue weighted by atomic mass is 10.2. The first-order chi connectivity index (χ1) is 15.6. The molecule has 0 saturated carbocycles. The lowest BCUT2D eigenvalue weighted by molar-refractivity contribution is -0.115. The predicted octanol–water partition coefficient (Wildman–Crippen LogP) is 5.37. The molecule has 0 fully saturated rings. The van der Waals surface area contributed by atoms with Crippen LogP contribution in [-0.2, 0) is 4.79 Å². The van der Waals surface area contributed by atoms with Gasteiger partial charge in [0.25, 0.3) is 0 Å². The van der Waals surface area contributed by atoms with Crippen molar-refractivity contribution in [3.63, 3.8) is 0 Å². The quantitative estimate of drug-likeness (QED) is 0.388. The van der Waals surface area contributed by atoms with E-state index in [2.05, 4.69) is 15.5 Å². The Bertz CT molecular complexity index is 1210. The largest absolute Gasteiger partial charge is 0.497 e. The number of nitrogens with one attached hydrogen (secondary N) is 1. The molecule has 4 aromatic rings. The van der Waals surface area contributed by atoms with Crippen molar-refractivity contribution in [1.82, 2.24) is 14.8 Å². The molecule has 1 atom stereocenters. The third-order valence-corrected chi connectivity index (χ3v) is 6.09. The first-order valence-corrected chi connectivity index (χ1v) is 11.1. The Hall–Kier alpha value is -3.58. The molecule has 7 heteroatoms. The van der Waals surface area contributed by atoms with Crippen LogP contribution < -0.4 is 10.1 Å². The van der Waals surface area contributed by atoms with E-state index in [0.29, 0.717) is 11.0 Å². The summed E-state index contributed by atoms with van der Waals surface area (Å²) in [5.41, 5.74) is 3.67. The van der Waals surface area contributed by atoms with E-state index in [4.69, 9.17) is 4.74 Å². The van der Waals surface area contributed by atoms with Crippen LogP contribution in [0.4, 0.5) is 5.69 Å². The molecule has 162 valence electrons. The smallest absolute Gasteiger partial charge is 0.237 e. The normalized spacial score (nSPS) is 11.7. The molecule has 0 spiro atoms. The van der Waals surface area contributed by atoms with Crippen LogP contribution in [0.5, 0.6) is 5.75 Å². The molecule has 3 aromatic carbocycles. The maximum absolute atomic E-state index is 12.9. The van der Waals surface area contributed by atoms with Crippen molar-refractivity contribution in [2.75, 3.05) is 12.4 Å². The number of amides is 1. The molecular formula is C25H24N4O2S. The molecule has 0 radical (unpaired) electrons. The zero-order valence-corrected chi connectivity index (χ0v) is 19.0. The van der Waals surface area contributed by atoms with Gasteiger partial charge in [0.05, 0.1) is 12.4 Å². The Labute approximate surface area is 191 Å². The Kier molecular flexibility index (Phi) is 6.56. The van der Waals surface area contributed by atoms with E-state index in [1.165, 1.54) is 11.8 Å². The van der Waals surface area contributed by atoms with Gasteiger partial charge in [0.15, 0.2) is 11.0 Å². The van der Waals surface area contributed by atoms with Crippen LogP contribution in [0.25, 0.3) is 17.1 Å². The van der Waals surface area contributed by atoms with Crippen LogP contribution in [0.15, 0.2) is 84.0 Å². The zero-order chi connectivity index (χ0) is 22.5. The molecule has 32 heavy (non-hydrogen) atoms. The summed E-state index contributed by atoms with van der Waals surface area (Å²) >= 11 is 1.37. The number of rotatable bonds is 7. The van der Waals surface area contributed by atoms with E-state index >= 15 is 0 Å². The lowest BCUT2D eigenvalue weighted by Crippen LogP contribution is -2.23. The molecule has 1 amide bonds. The first-order valence-electron chi connectivity index (χ1n) is 10.2. The van der Waals surface area contributed by atoms with Gasteiger partial charge >= 0.3 is 0 Å². The number of methoxy groups -OCH3 is 1. The topological polar surface area (TPSA) is 69.0 Å². The second kappa shape index (κ2) is 9.70. The standard InChI is InChI=1S/C25H24N4O2S/c1-17-9-7-8-12-22(17)26-24(30)18(2)32-25-28-27-23(19-10-5-4-6-11-19)29(25)20-13-15-21(31-3)16-14-20/h4-16,18H,1-3H3,(H,26,30)/t18-/m0/s1. The van der Waals surface area contributed by atoms with E-state index in [9.17, 15) is 4.79 Å². The number of para-hydroxylation sites is 1. The van der Waals surface area contributed by atoms with E-state index in [0.717, 1.165) is 28.3 Å². The van der Waals surface area contributed by atoms with E-state index in [-0.39, 0.29) is 11.2 Å². The third-order valence-electron chi connectivity index (χ3n) is 5.05. The number of carbonyl (C=O) groups is 1. The summed E-state index contributed by atoms with van der Waals surface area (Å²) in [6, 6.07) is 25.3. The van der Waals surface area contributed by atoms with Gasteiger partial charge < -0.3 is 10.1 Å². The van der Waals surface area contributed by atoms with Crippen LogP contribution >= 0.6 is 11.8 Å². The minimum Gasteiger partial charge on any atom is -0.497 e. The number of hydrogen-bond acceptors (Lipinski definition) is 5. The highest BCUT2D eigenvalue weighted by Gasteiger charge is 2.22. The average Bonchev–Trinajstić information content (AvgIpc) is 3.24. The fraction of sp³-hybridized carbons (Fsp3) is 0.160. The van der Waals surface area contributed by atoms with Gasteiger partial charge in [-0.25, -0.2) is 0 Å². The summed E-state index contributed by atoms with van der Waals surface area (Å²) in [5.74, 6) is 1.39. The van der Waals surface area contributed by atoms with E-state index < -0.39 is 0 Å². The molecule has 0 aliphatic heterocycles. The fourth-order valence-corrected chi connectivity index (χ4v) is 4.11. The molecule has 0 aliphatic rings. The number of benzene rings is 3. The molecule has 1 N–H and O–H groups in total. The number of ether oxygens (including phenoxy) is 1. The number of hydrogen-bond donors (Lipinski definition) is 1. The monoisotopic (exact) mass is 444 g/mol. The Morgan fingerprint density at radius 3 is 2.34 bits per heavy atom. The van der Waals surface area contributed by atoms with Gasteiger partial charge in [0.1, 0.15) is 5.75 Å². The Balaban J connectivity index is 1.65. The van der Waals surface area contributed by atoms with Crippen molar-refractivity contribution >= 4 is 23.4 Å². The summed E-state index contributed by atoms with van der Waals surface area (Å²) in [6.07, 6.45) is 0. The molecule has 0 bridgehead atoms. The van der Waals surface area contributed by atoms with Crippen LogP contribution in [-0.4, -0.2) is 33.0 Å². The van der Waals surface area contributed by atoms with Crippen LogP contribution in [0.1, 0.15) is 12.5 Å². The predicted molar refractivity (Wildman–Crippen MR) is 128 cm³/mol. The molecular weight excluding hydrogens is 420 g/mol. The maximum Gasteiger partial charge on any atom is 0.237 e. The number of aryl methyl sites for hydroxylation is 1. The highest BCUT2D eigenvalue weighted by atomic mass is 32.2. The number of aromatic nitrogens is 3. The molecule has 1 heterocycles. The molecule has 0 unspecified atom stereocenters. The van der Waals surface area contributed by atoms with Crippen molar-refractivity contribution in [2.24, 2.45) is 0 Å². The summed E-state index contributed by atoms with van der Waals surface area (Å²) in [6.45, 7) is 3.84. The van der Waals surface area contributed by atoms with Crippen molar-refractivity contribution in [1.29, 1.82) is 0 Å². The molecule has 4 rings (SSSR count).